The van der Waals surface area contributed by atoms with Crippen LogP contribution in [0.5, 0.6) is 0 Å². The van der Waals surface area contributed by atoms with Crippen LogP contribution in [0.25, 0.3) is 33.5 Å². The second-order valence-corrected chi connectivity index (χ2v) is 10.6. The number of rotatable bonds is 11. The van der Waals surface area contributed by atoms with Gasteiger partial charge in [-0.1, -0.05) is 61.9 Å². The normalized spacial score (nSPS) is 12.1. The highest BCUT2D eigenvalue weighted by Gasteiger charge is 2.19. The molecule has 0 aliphatic heterocycles. The quantitative estimate of drug-likeness (QED) is 0.150. The summed E-state index contributed by atoms with van der Waals surface area (Å²) < 4.78 is 15.3. The number of hydrogen-bond acceptors (Lipinski definition) is 7. The molecule has 0 fully saturated rings. The third-order valence-electron chi connectivity index (χ3n) is 7.09. The molecule has 0 N–H and O–H groups in total. The van der Waals surface area contributed by atoms with E-state index in [0.29, 0.717) is 29.0 Å². The summed E-state index contributed by atoms with van der Waals surface area (Å²) in [5.41, 5.74) is 6.38. The molecular formula is C31H33BrN6O3. The predicted octanol–water partition coefficient (Wildman–Crippen LogP) is 6.85. The van der Waals surface area contributed by atoms with Gasteiger partial charge in [0, 0.05) is 29.6 Å². The Balaban J connectivity index is 1.49. The van der Waals surface area contributed by atoms with Crippen LogP contribution in [0.1, 0.15) is 61.6 Å². The first kappa shape index (κ1) is 28.6. The Morgan fingerprint density at radius 1 is 1.05 bits per heavy atom. The van der Waals surface area contributed by atoms with Gasteiger partial charge < -0.3 is 14.0 Å². The Bertz CT molecular complexity index is 1660. The number of nitrogens with zero attached hydrogens (tertiary/aromatic N) is 6. The minimum atomic E-state index is -0.383. The summed E-state index contributed by atoms with van der Waals surface area (Å²) in [6.07, 6.45) is 2.68. The first-order valence-electron chi connectivity index (χ1n) is 13.8. The van der Waals surface area contributed by atoms with E-state index >= 15 is 0 Å². The van der Waals surface area contributed by atoms with Gasteiger partial charge in [0.05, 0.1) is 23.7 Å². The molecule has 0 aliphatic carbocycles. The molecule has 0 saturated heterocycles. The molecule has 0 bridgehead atoms. The van der Waals surface area contributed by atoms with Crippen molar-refractivity contribution in [1.29, 1.82) is 0 Å². The van der Waals surface area contributed by atoms with Gasteiger partial charge in [0.2, 0.25) is 0 Å². The number of aromatic nitrogens is 6. The molecule has 5 aromatic rings. The van der Waals surface area contributed by atoms with E-state index in [4.69, 9.17) is 14.5 Å². The molecule has 3 aromatic carbocycles. The molecule has 212 valence electrons. The molecule has 1 unspecified atom stereocenters. The summed E-state index contributed by atoms with van der Waals surface area (Å²) in [4.78, 5) is 17.3. The van der Waals surface area contributed by atoms with Gasteiger partial charge in [-0.05, 0) is 75.4 Å². The van der Waals surface area contributed by atoms with Gasteiger partial charge in [-0.2, -0.15) is 4.68 Å². The SMILES string of the molecule is CCCCc1nc2cc(Br)c(C(=O)OC)cc2n1Cc1ccc(-c2ccccc2-c2nnnn2C(C)OCC)cc1. The Morgan fingerprint density at radius 2 is 1.80 bits per heavy atom. The number of benzene rings is 3. The van der Waals surface area contributed by atoms with Crippen LogP contribution in [0.4, 0.5) is 0 Å². The molecule has 2 aromatic heterocycles. The average molecular weight is 618 g/mol. The summed E-state index contributed by atoms with van der Waals surface area (Å²) >= 11 is 3.51. The molecular weight excluding hydrogens is 584 g/mol. The standard InChI is InChI=1S/C31H33BrN6O3/c1-5-7-12-29-33-27-18-26(32)25(31(39)40-4)17-28(27)37(29)19-21-13-15-22(16-14-21)23-10-8-9-11-24(23)30-34-35-36-38(30)20(3)41-6-2/h8-11,13-18,20H,5-7,12,19H2,1-4H3. The summed E-state index contributed by atoms with van der Waals surface area (Å²) in [5, 5.41) is 12.4. The van der Waals surface area contributed by atoms with Gasteiger partial charge >= 0.3 is 5.97 Å². The lowest BCUT2D eigenvalue weighted by atomic mass is 9.98. The van der Waals surface area contributed by atoms with Crippen molar-refractivity contribution < 1.29 is 14.3 Å². The maximum absolute atomic E-state index is 12.4. The summed E-state index contributed by atoms with van der Waals surface area (Å²) in [6.45, 7) is 7.25. The minimum absolute atomic E-state index is 0.285. The fourth-order valence-corrected chi connectivity index (χ4v) is 5.49. The van der Waals surface area contributed by atoms with E-state index < -0.39 is 0 Å². The average Bonchev–Trinajstić information content (AvgIpc) is 3.61. The number of halogens is 1. The van der Waals surface area contributed by atoms with Crippen molar-refractivity contribution in [3.8, 4) is 22.5 Å². The molecule has 0 spiro atoms. The third kappa shape index (κ3) is 5.94. The molecule has 0 saturated carbocycles. The van der Waals surface area contributed by atoms with Gasteiger partial charge in [-0.3, -0.25) is 0 Å². The first-order chi connectivity index (χ1) is 19.9. The highest BCUT2D eigenvalue weighted by atomic mass is 79.9. The van der Waals surface area contributed by atoms with Crippen LogP contribution in [0, 0.1) is 0 Å². The zero-order valence-electron chi connectivity index (χ0n) is 23.7. The van der Waals surface area contributed by atoms with Crippen molar-refractivity contribution in [3.05, 3.63) is 82.1 Å². The second-order valence-electron chi connectivity index (χ2n) is 9.77. The number of fused-ring (bicyclic) bond motifs is 1. The lowest BCUT2D eigenvalue weighted by molar-refractivity contribution is 0.0159. The van der Waals surface area contributed by atoms with Gasteiger partial charge in [0.1, 0.15) is 5.82 Å². The highest BCUT2D eigenvalue weighted by molar-refractivity contribution is 9.10. The number of carbonyl (C=O) groups excluding carboxylic acids is 1. The number of methoxy groups -OCH3 is 1. The fourth-order valence-electron chi connectivity index (χ4n) is 4.99. The minimum Gasteiger partial charge on any atom is -0.465 e. The van der Waals surface area contributed by atoms with Gasteiger partial charge in [-0.25, -0.2) is 9.78 Å². The van der Waals surface area contributed by atoms with Crippen molar-refractivity contribution >= 4 is 32.9 Å². The zero-order chi connectivity index (χ0) is 28.9. The van der Waals surface area contributed by atoms with Crippen LogP contribution in [0.2, 0.25) is 0 Å². The van der Waals surface area contributed by atoms with Gasteiger partial charge in [-0.15, -0.1) is 5.10 Å². The summed E-state index contributed by atoms with van der Waals surface area (Å²) in [6, 6.07) is 20.4. The molecule has 0 amide bonds. The zero-order valence-corrected chi connectivity index (χ0v) is 25.3. The lowest BCUT2D eigenvalue weighted by Crippen LogP contribution is -2.12. The maximum Gasteiger partial charge on any atom is 0.339 e. The smallest absolute Gasteiger partial charge is 0.339 e. The number of esters is 1. The van der Waals surface area contributed by atoms with E-state index in [1.807, 2.05) is 44.2 Å². The number of aryl methyl sites for hydroxylation is 1. The summed E-state index contributed by atoms with van der Waals surface area (Å²) in [7, 11) is 1.39. The van der Waals surface area contributed by atoms with Crippen LogP contribution < -0.4 is 0 Å². The monoisotopic (exact) mass is 616 g/mol. The maximum atomic E-state index is 12.4. The van der Waals surface area contributed by atoms with Crippen LogP contribution in [-0.4, -0.2) is 49.4 Å². The Kier molecular flexibility index (Phi) is 8.90. The summed E-state index contributed by atoms with van der Waals surface area (Å²) in [5.74, 6) is 1.27. The molecule has 2 heterocycles. The van der Waals surface area contributed by atoms with Crippen LogP contribution in [-0.2, 0) is 22.4 Å². The molecule has 41 heavy (non-hydrogen) atoms. The highest BCUT2D eigenvalue weighted by Crippen LogP contribution is 2.32. The molecule has 0 aliphatic rings. The molecule has 9 nitrogen and oxygen atoms in total. The van der Waals surface area contributed by atoms with E-state index in [-0.39, 0.29) is 12.2 Å². The lowest BCUT2D eigenvalue weighted by Gasteiger charge is -2.15. The number of carbonyl (C=O) groups is 1. The van der Waals surface area contributed by atoms with Gasteiger partial charge in [0.25, 0.3) is 0 Å². The number of unbranched alkanes of at least 4 members (excludes halogenated alkanes) is 1. The Morgan fingerprint density at radius 3 is 2.51 bits per heavy atom. The number of ether oxygens (including phenoxy) is 2. The van der Waals surface area contributed by atoms with Crippen LogP contribution in [0.3, 0.4) is 0 Å². The third-order valence-corrected chi connectivity index (χ3v) is 7.75. The molecule has 5 rings (SSSR count). The van der Waals surface area contributed by atoms with Crippen molar-refractivity contribution in [2.75, 3.05) is 13.7 Å². The number of hydrogen-bond donors (Lipinski definition) is 0. The van der Waals surface area contributed by atoms with Crippen molar-refractivity contribution in [2.45, 2.75) is 52.8 Å². The van der Waals surface area contributed by atoms with E-state index in [9.17, 15) is 4.79 Å². The Hall–Kier alpha value is -3.89. The second kappa shape index (κ2) is 12.7. The van der Waals surface area contributed by atoms with Crippen molar-refractivity contribution in [3.63, 3.8) is 0 Å². The topological polar surface area (TPSA) is 97.0 Å². The Labute approximate surface area is 247 Å². The first-order valence-corrected chi connectivity index (χ1v) is 14.6. The van der Waals surface area contributed by atoms with E-state index in [1.54, 1.807) is 4.68 Å². The predicted molar refractivity (Wildman–Crippen MR) is 162 cm³/mol. The van der Waals surface area contributed by atoms with Gasteiger partial charge in [0.15, 0.2) is 12.1 Å². The van der Waals surface area contributed by atoms with E-state index in [2.05, 4.69) is 73.3 Å². The van der Waals surface area contributed by atoms with Crippen molar-refractivity contribution in [1.82, 2.24) is 29.8 Å². The number of tetrazole rings is 1. The molecule has 10 heteroatoms. The fraction of sp³-hybridized carbons (Fsp3) is 0.323. The van der Waals surface area contributed by atoms with E-state index in [0.717, 1.165) is 58.4 Å². The molecule has 1 atom stereocenters. The number of imidazole rings is 1. The van der Waals surface area contributed by atoms with Crippen molar-refractivity contribution in [2.24, 2.45) is 0 Å². The molecule has 0 radical (unpaired) electrons. The largest absolute Gasteiger partial charge is 0.465 e. The van der Waals surface area contributed by atoms with E-state index in [1.165, 1.54) is 7.11 Å². The van der Waals surface area contributed by atoms with Crippen LogP contribution >= 0.6 is 15.9 Å². The van der Waals surface area contributed by atoms with Crippen LogP contribution in [0.15, 0.2) is 65.1 Å².